The second-order valence-corrected chi connectivity index (χ2v) is 12.8. The minimum atomic E-state index is -0.654. The van der Waals surface area contributed by atoms with Crippen LogP contribution in [0.5, 0.6) is 5.75 Å². The van der Waals surface area contributed by atoms with Crippen molar-refractivity contribution in [2.75, 3.05) is 30.4 Å². The van der Waals surface area contributed by atoms with E-state index in [9.17, 15) is 9.59 Å². The Balaban J connectivity index is 1.66. The minimum Gasteiger partial charge on any atom is -0.491 e. The Labute approximate surface area is 247 Å². The van der Waals surface area contributed by atoms with Gasteiger partial charge in [0.15, 0.2) is 17.4 Å². The lowest BCUT2D eigenvalue weighted by molar-refractivity contribution is 0.0201. The van der Waals surface area contributed by atoms with Gasteiger partial charge in [0.05, 0.1) is 23.6 Å². The Morgan fingerprint density at radius 3 is 2.45 bits per heavy atom. The van der Waals surface area contributed by atoms with Crippen LogP contribution < -0.4 is 15.0 Å². The maximum atomic E-state index is 16.3. The van der Waals surface area contributed by atoms with Crippen molar-refractivity contribution < 1.29 is 28.2 Å². The van der Waals surface area contributed by atoms with Gasteiger partial charge >= 0.3 is 12.2 Å². The Morgan fingerprint density at radius 1 is 1.10 bits per heavy atom. The number of anilines is 3. The predicted molar refractivity (Wildman–Crippen MR) is 160 cm³/mol. The topological polar surface area (TPSA) is 106 Å². The summed E-state index contributed by atoms with van der Waals surface area (Å²) in [6, 6.07) is 3.29. The highest BCUT2D eigenvalue weighted by molar-refractivity contribution is 5.88. The lowest BCUT2D eigenvalue weighted by atomic mass is 9.98. The molecule has 42 heavy (non-hydrogen) atoms. The Morgan fingerprint density at radius 2 is 1.79 bits per heavy atom. The van der Waals surface area contributed by atoms with Gasteiger partial charge in [0.2, 0.25) is 0 Å². The van der Waals surface area contributed by atoms with Crippen molar-refractivity contribution in [3.63, 3.8) is 0 Å². The molecule has 2 aromatic rings. The van der Waals surface area contributed by atoms with Gasteiger partial charge in [-0.1, -0.05) is 6.08 Å². The number of halogens is 1. The van der Waals surface area contributed by atoms with Crippen molar-refractivity contribution in [3.8, 4) is 5.75 Å². The third kappa shape index (κ3) is 7.30. The average molecular weight is 584 g/mol. The summed E-state index contributed by atoms with van der Waals surface area (Å²) in [6.07, 6.45) is 2.67. The largest absolute Gasteiger partial charge is 0.491 e. The van der Waals surface area contributed by atoms with E-state index in [-0.39, 0.29) is 18.4 Å². The number of hydrogen-bond donors (Lipinski definition) is 1. The highest BCUT2D eigenvalue weighted by atomic mass is 19.1. The van der Waals surface area contributed by atoms with Crippen molar-refractivity contribution in [1.29, 1.82) is 0 Å². The third-order valence-corrected chi connectivity index (χ3v) is 6.83. The smallest absolute Gasteiger partial charge is 0.414 e. The number of amides is 2. The molecule has 10 nitrogen and oxygen atoms in total. The van der Waals surface area contributed by atoms with Crippen LogP contribution >= 0.6 is 0 Å². The summed E-state index contributed by atoms with van der Waals surface area (Å²) in [5, 5.41) is 3.04. The molecule has 0 bridgehead atoms. The van der Waals surface area contributed by atoms with E-state index in [4.69, 9.17) is 14.2 Å². The molecule has 2 aromatic heterocycles. The SMILES string of the molecule is Cc1cc(N(C)C(=O)OC(C)(C)C)cc(Nc2nc3c(c(C4=CCN(C(=O)OC(C)(C)C)[C@H](C)CC4)c2F)OCC3)n1. The molecular weight excluding hydrogens is 541 g/mol. The second-order valence-electron chi connectivity index (χ2n) is 12.8. The maximum Gasteiger partial charge on any atom is 0.414 e. The number of nitrogens with one attached hydrogen (secondary N) is 1. The molecule has 2 amide bonds. The summed E-state index contributed by atoms with van der Waals surface area (Å²) in [5.74, 6) is 0.215. The lowest BCUT2D eigenvalue weighted by Crippen LogP contribution is -2.41. The zero-order valence-electron chi connectivity index (χ0n) is 26.1. The molecule has 0 fully saturated rings. The molecule has 2 aliphatic heterocycles. The van der Waals surface area contributed by atoms with Gasteiger partial charge in [0.25, 0.3) is 0 Å². The first-order valence-electron chi connectivity index (χ1n) is 14.3. The van der Waals surface area contributed by atoms with Gasteiger partial charge in [-0.2, -0.15) is 0 Å². The van der Waals surface area contributed by atoms with Gasteiger partial charge in [0.1, 0.15) is 17.0 Å². The van der Waals surface area contributed by atoms with Crippen LogP contribution in [-0.2, 0) is 15.9 Å². The van der Waals surface area contributed by atoms with Crippen LogP contribution in [0, 0.1) is 12.7 Å². The van der Waals surface area contributed by atoms with Crippen LogP contribution in [-0.4, -0.2) is 64.5 Å². The van der Waals surface area contributed by atoms with Crippen LogP contribution in [0.1, 0.15) is 78.3 Å². The van der Waals surface area contributed by atoms with Crippen LogP contribution in [0.4, 0.5) is 31.3 Å². The van der Waals surface area contributed by atoms with E-state index in [0.717, 1.165) is 5.57 Å². The van der Waals surface area contributed by atoms with Gasteiger partial charge in [-0.15, -0.1) is 0 Å². The highest BCUT2D eigenvalue weighted by Gasteiger charge is 2.32. The zero-order chi connectivity index (χ0) is 31.0. The van der Waals surface area contributed by atoms with E-state index in [0.29, 0.717) is 60.1 Å². The van der Waals surface area contributed by atoms with E-state index in [1.165, 1.54) is 4.90 Å². The molecule has 11 heteroatoms. The minimum absolute atomic E-state index is 0.0143. The molecule has 0 spiro atoms. The number of carbonyl (C=O) groups is 2. The quantitative estimate of drug-likeness (QED) is 0.420. The molecular formula is C31H42FN5O5. The van der Waals surface area contributed by atoms with E-state index in [1.54, 1.807) is 51.8 Å². The van der Waals surface area contributed by atoms with Crippen molar-refractivity contribution in [2.24, 2.45) is 0 Å². The number of fused-ring (bicyclic) bond motifs is 1. The molecule has 0 saturated carbocycles. The molecule has 4 heterocycles. The zero-order valence-corrected chi connectivity index (χ0v) is 26.1. The number of aromatic nitrogens is 2. The van der Waals surface area contributed by atoms with Gasteiger partial charge in [-0.25, -0.2) is 23.9 Å². The number of hydrogen-bond acceptors (Lipinski definition) is 8. The first kappa shape index (κ1) is 31.1. The van der Waals surface area contributed by atoms with E-state index in [2.05, 4.69) is 15.3 Å². The van der Waals surface area contributed by atoms with Crippen molar-refractivity contribution in [2.45, 2.75) is 91.9 Å². The Bertz CT molecular complexity index is 1400. The van der Waals surface area contributed by atoms with Gasteiger partial charge < -0.3 is 24.4 Å². The summed E-state index contributed by atoms with van der Waals surface area (Å²) in [7, 11) is 1.61. The number of ether oxygens (including phenoxy) is 3. The third-order valence-electron chi connectivity index (χ3n) is 6.83. The molecule has 1 N–H and O–H groups in total. The normalized spacial score (nSPS) is 17.0. The summed E-state index contributed by atoms with van der Waals surface area (Å²) in [6.45, 7) is 15.3. The molecule has 4 rings (SSSR count). The van der Waals surface area contributed by atoms with Crippen molar-refractivity contribution in [1.82, 2.24) is 14.9 Å². The summed E-state index contributed by atoms with van der Waals surface area (Å²) < 4.78 is 33.3. The number of rotatable bonds is 4. The molecule has 0 radical (unpaired) electrons. The number of pyridine rings is 2. The maximum absolute atomic E-state index is 16.3. The summed E-state index contributed by atoms with van der Waals surface area (Å²) in [5.41, 5.74) is 1.63. The molecule has 0 aliphatic carbocycles. The summed E-state index contributed by atoms with van der Waals surface area (Å²) >= 11 is 0. The second kappa shape index (κ2) is 11.8. The van der Waals surface area contributed by atoms with Gasteiger partial charge in [-0.3, -0.25) is 4.90 Å². The Hall–Kier alpha value is -3.89. The van der Waals surface area contributed by atoms with Crippen LogP contribution in [0.3, 0.4) is 0 Å². The lowest BCUT2D eigenvalue weighted by Gasteiger charge is -2.30. The summed E-state index contributed by atoms with van der Waals surface area (Å²) in [4.78, 5) is 37.6. The van der Waals surface area contributed by atoms with Gasteiger partial charge in [-0.05, 0) is 79.9 Å². The molecule has 0 aromatic carbocycles. The molecule has 228 valence electrons. The monoisotopic (exact) mass is 583 g/mol. The Kier molecular flexibility index (Phi) is 8.71. The highest BCUT2D eigenvalue weighted by Crippen LogP contribution is 2.41. The fraction of sp³-hybridized carbons (Fsp3) is 0.548. The van der Waals surface area contributed by atoms with Crippen LogP contribution in [0.25, 0.3) is 5.57 Å². The molecule has 1 atom stereocenters. The van der Waals surface area contributed by atoms with E-state index in [1.807, 2.05) is 33.8 Å². The van der Waals surface area contributed by atoms with Crippen LogP contribution in [0.2, 0.25) is 0 Å². The number of nitrogens with zero attached hydrogens (tertiary/aromatic N) is 4. The molecule has 0 saturated heterocycles. The van der Waals surface area contributed by atoms with Gasteiger partial charge in [0, 0.05) is 37.8 Å². The first-order valence-corrected chi connectivity index (χ1v) is 14.3. The fourth-order valence-corrected chi connectivity index (χ4v) is 4.82. The van der Waals surface area contributed by atoms with E-state index >= 15 is 4.39 Å². The fourth-order valence-electron chi connectivity index (χ4n) is 4.82. The molecule has 2 aliphatic rings. The van der Waals surface area contributed by atoms with Crippen LogP contribution in [0.15, 0.2) is 18.2 Å². The number of carbonyl (C=O) groups excluding carboxylic acids is 2. The number of aryl methyl sites for hydroxylation is 1. The van der Waals surface area contributed by atoms with Crippen molar-refractivity contribution in [3.05, 3.63) is 41.0 Å². The van der Waals surface area contributed by atoms with Crippen molar-refractivity contribution >= 4 is 35.1 Å². The number of allylic oxidation sites excluding steroid dienone is 1. The molecule has 0 unspecified atom stereocenters. The average Bonchev–Trinajstić information content (AvgIpc) is 3.23. The van der Waals surface area contributed by atoms with E-state index < -0.39 is 29.2 Å². The standard InChI is InChI=1S/C31H42FN5O5/c1-18-16-21(36(9)28(38)41-30(3,4)5)17-23(33-18)35-27-25(32)24(26-22(34-27)13-15-40-26)20-11-10-19(2)37(14-12-20)29(39)42-31(6,7)8/h12,16-17,19H,10-11,13-15H2,1-9H3,(H,33,34,35)/t19-/m1/s1. The predicted octanol–water partition coefficient (Wildman–Crippen LogP) is 6.78. The first-order chi connectivity index (χ1) is 19.5.